The van der Waals surface area contributed by atoms with Crippen molar-refractivity contribution in [2.24, 2.45) is 0 Å². The van der Waals surface area contributed by atoms with Gasteiger partial charge in [0.2, 0.25) is 0 Å². The Balaban J connectivity index is 1.30. The summed E-state index contributed by atoms with van der Waals surface area (Å²) >= 11 is 0. The van der Waals surface area contributed by atoms with E-state index in [1.165, 1.54) is 33.2 Å². The summed E-state index contributed by atoms with van der Waals surface area (Å²) in [6.07, 6.45) is 9.91. The van der Waals surface area contributed by atoms with Crippen LogP contribution in [0, 0.1) is 0 Å². The van der Waals surface area contributed by atoms with Crippen molar-refractivity contribution in [3.05, 3.63) is 188 Å². The van der Waals surface area contributed by atoms with Gasteiger partial charge in [-0.25, -0.2) is 0 Å². The maximum absolute atomic E-state index is 6.52. The van der Waals surface area contributed by atoms with Gasteiger partial charge in [0, 0.05) is 33.6 Å². The van der Waals surface area contributed by atoms with Gasteiger partial charge in [-0.1, -0.05) is 133 Å². The lowest BCUT2D eigenvalue weighted by Gasteiger charge is -2.32. The minimum Gasteiger partial charge on any atom is -0.456 e. The van der Waals surface area contributed by atoms with Crippen LogP contribution in [0.5, 0.6) is 0 Å². The first-order valence-corrected chi connectivity index (χ1v) is 16.6. The highest BCUT2D eigenvalue weighted by Gasteiger charge is 2.24. The molecule has 1 aromatic heterocycles. The number of fused-ring (bicyclic) bond motifs is 4. The molecular formula is C46H33NO. The molecule has 48 heavy (non-hydrogen) atoms. The zero-order valence-electron chi connectivity index (χ0n) is 26.5. The van der Waals surface area contributed by atoms with Crippen molar-refractivity contribution in [3.8, 4) is 22.3 Å². The molecule has 2 nitrogen and oxygen atoms in total. The molecule has 0 aliphatic heterocycles. The van der Waals surface area contributed by atoms with Gasteiger partial charge >= 0.3 is 0 Å². The van der Waals surface area contributed by atoms with E-state index in [4.69, 9.17) is 4.42 Å². The molecule has 0 saturated carbocycles. The third-order valence-electron chi connectivity index (χ3n) is 9.57. The molecular weight excluding hydrogens is 583 g/mol. The fraction of sp³-hybridized carbons (Fsp3) is 0.0435. The highest BCUT2D eigenvalue weighted by molar-refractivity contribution is 6.16. The number of nitrogens with zero attached hydrogens (tertiary/aromatic N) is 1. The second kappa shape index (κ2) is 11.9. The molecule has 2 heteroatoms. The van der Waals surface area contributed by atoms with Gasteiger partial charge < -0.3 is 9.32 Å². The minimum absolute atomic E-state index is 0.251. The van der Waals surface area contributed by atoms with Gasteiger partial charge in [-0.15, -0.1) is 0 Å². The molecule has 1 aliphatic carbocycles. The highest BCUT2D eigenvalue weighted by Crippen LogP contribution is 2.48. The van der Waals surface area contributed by atoms with Crippen molar-refractivity contribution in [2.45, 2.75) is 12.3 Å². The molecule has 0 saturated heterocycles. The number of hydrogen-bond donors (Lipinski definition) is 0. The second-order valence-electron chi connectivity index (χ2n) is 12.5. The van der Waals surface area contributed by atoms with E-state index < -0.39 is 0 Å². The standard InChI is InChI=1S/C46H33NO/c1-4-15-32(16-5-1)36-27-28-43(40(29-36)33-17-6-2-7-18-33)47(37-21-8-3-9-22-37)42-25-13-12-23-38(42)39-24-14-26-44-46(39)41-30-34-19-10-11-20-35(34)31-45(41)48-44/h1-17,19-31,33H,18H2. The smallest absolute Gasteiger partial charge is 0.136 e. The average Bonchev–Trinajstić information content (AvgIpc) is 3.53. The van der Waals surface area contributed by atoms with Crippen LogP contribution in [0.2, 0.25) is 0 Å². The lowest BCUT2D eigenvalue weighted by molar-refractivity contribution is 0.669. The molecule has 0 bridgehead atoms. The molecule has 0 radical (unpaired) electrons. The van der Waals surface area contributed by atoms with Crippen LogP contribution in [-0.2, 0) is 0 Å². The van der Waals surface area contributed by atoms with Crippen molar-refractivity contribution < 1.29 is 4.42 Å². The zero-order chi connectivity index (χ0) is 31.9. The number of benzene rings is 7. The van der Waals surface area contributed by atoms with Crippen LogP contribution in [0.1, 0.15) is 17.9 Å². The molecule has 1 heterocycles. The largest absolute Gasteiger partial charge is 0.456 e. The molecule has 1 aliphatic rings. The fourth-order valence-electron chi connectivity index (χ4n) is 7.29. The lowest BCUT2D eigenvalue weighted by atomic mass is 9.88. The van der Waals surface area contributed by atoms with Crippen LogP contribution in [0.25, 0.3) is 55.0 Å². The van der Waals surface area contributed by atoms with Gasteiger partial charge in [-0.05, 0) is 88.0 Å². The average molecular weight is 616 g/mol. The SMILES string of the molecule is C1=CCC(c2cc(-c3ccccc3)ccc2N(c2ccccc2)c2ccccc2-c2cccc3oc4cc5ccccc5cc4c23)C=C1. The van der Waals surface area contributed by atoms with Crippen molar-refractivity contribution >= 4 is 49.8 Å². The van der Waals surface area contributed by atoms with Crippen molar-refractivity contribution in [1.82, 2.24) is 0 Å². The third-order valence-corrected chi connectivity index (χ3v) is 9.57. The topological polar surface area (TPSA) is 16.4 Å². The van der Waals surface area contributed by atoms with Crippen LogP contribution >= 0.6 is 0 Å². The Morgan fingerprint density at radius 2 is 1.25 bits per heavy atom. The number of hydrogen-bond acceptors (Lipinski definition) is 2. The Kier molecular flexibility index (Phi) is 6.98. The van der Waals surface area contributed by atoms with Gasteiger partial charge in [-0.2, -0.15) is 0 Å². The normalized spacial score (nSPS) is 14.2. The first-order valence-electron chi connectivity index (χ1n) is 16.6. The molecule has 8 aromatic rings. The van der Waals surface area contributed by atoms with E-state index in [1.54, 1.807) is 0 Å². The fourth-order valence-corrected chi connectivity index (χ4v) is 7.29. The molecule has 1 unspecified atom stereocenters. The Labute approximate surface area is 280 Å². The number of furan rings is 1. The molecule has 0 spiro atoms. The first kappa shape index (κ1) is 28.1. The van der Waals surface area contributed by atoms with Crippen molar-refractivity contribution in [3.63, 3.8) is 0 Å². The summed E-state index contributed by atoms with van der Waals surface area (Å²) in [4.78, 5) is 2.45. The van der Waals surface area contributed by atoms with Gasteiger partial charge in [0.1, 0.15) is 11.2 Å². The number of anilines is 3. The van der Waals surface area contributed by atoms with Crippen LogP contribution in [0.4, 0.5) is 17.1 Å². The van der Waals surface area contributed by atoms with Crippen molar-refractivity contribution in [2.75, 3.05) is 4.90 Å². The van der Waals surface area contributed by atoms with E-state index in [9.17, 15) is 0 Å². The summed E-state index contributed by atoms with van der Waals surface area (Å²) < 4.78 is 6.52. The van der Waals surface area contributed by atoms with Gasteiger partial charge in [0.25, 0.3) is 0 Å². The first-order chi connectivity index (χ1) is 23.8. The molecule has 9 rings (SSSR count). The van der Waals surface area contributed by atoms with Crippen LogP contribution in [0.3, 0.4) is 0 Å². The Hall–Kier alpha value is -6.12. The second-order valence-corrected chi connectivity index (χ2v) is 12.5. The predicted molar refractivity (Wildman–Crippen MR) is 202 cm³/mol. The van der Waals surface area contributed by atoms with Crippen LogP contribution in [0.15, 0.2) is 186 Å². The summed E-state index contributed by atoms with van der Waals surface area (Å²) in [5, 5.41) is 4.66. The molecule has 0 fully saturated rings. The van der Waals surface area contributed by atoms with Gasteiger partial charge in [0.15, 0.2) is 0 Å². The molecule has 228 valence electrons. The van der Waals surface area contributed by atoms with Gasteiger partial charge in [0.05, 0.1) is 5.69 Å². The van der Waals surface area contributed by atoms with E-state index in [1.807, 2.05) is 0 Å². The molecule has 7 aromatic carbocycles. The van der Waals surface area contributed by atoms with Crippen LogP contribution < -0.4 is 4.90 Å². The van der Waals surface area contributed by atoms with E-state index in [2.05, 4.69) is 187 Å². The summed E-state index contributed by atoms with van der Waals surface area (Å²) in [6.45, 7) is 0. The number of rotatable bonds is 6. The van der Waals surface area contributed by atoms with Crippen molar-refractivity contribution in [1.29, 1.82) is 0 Å². The molecule has 1 atom stereocenters. The summed E-state index contributed by atoms with van der Waals surface area (Å²) in [5.74, 6) is 0.251. The quantitative estimate of drug-likeness (QED) is 0.185. The van der Waals surface area contributed by atoms with Crippen LogP contribution in [-0.4, -0.2) is 0 Å². The van der Waals surface area contributed by atoms with E-state index >= 15 is 0 Å². The van der Waals surface area contributed by atoms with Gasteiger partial charge in [-0.3, -0.25) is 0 Å². The number of para-hydroxylation sites is 2. The predicted octanol–water partition coefficient (Wildman–Crippen LogP) is 13.1. The highest BCUT2D eigenvalue weighted by atomic mass is 16.3. The maximum Gasteiger partial charge on any atom is 0.136 e. The van der Waals surface area contributed by atoms with E-state index in [-0.39, 0.29) is 5.92 Å². The molecule has 0 N–H and O–H groups in total. The minimum atomic E-state index is 0.251. The maximum atomic E-state index is 6.52. The monoisotopic (exact) mass is 615 g/mol. The summed E-state index contributed by atoms with van der Waals surface area (Å²) in [5.41, 5.74) is 11.3. The summed E-state index contributed by atoms with van der Waals surface area (Å²) in [7, 11) is 0. The zero-order valence-corrected chi connectivity index (χ0v) is 26.5. The van der Waals surface area contributed by atoms with E-state index in [0.717, 1.165) is 50.9 Å². The summed E-state index contributed by atoms with van der Waals surface area (Å²) in [6, 6.07) is 56.6. The lowest BCUT2D eigenvalue weighted by Crippen LogP contribution is -2.15. The third kappa shape index (κ3) is 4.90. The number of allylic oxidation sites excluding steroid dienone is 4. The Morgan fingerprint density at radius 3 is 2.06 bits per heavy atom. The Bertz CT molecular complexity index is 2490. The van der Waals surface area contributed by atoms with E-state index in [0.29, 0.717) is 0 Å². The molecule has 0 amide bonds. The Morgan fingerprint density at radius 1 is 0.521 bits per heavy atom.